The van der Waals surface area contributed by atoms with Gasteiger partial charge in [0.25, 0.3) is 0 Å². The SMILES string of the molecule is COc1ccc(CN2CCCCC2)c(C(F)(F)F)c1C(C)C. The number of likely N-dealkylation sites (tertiary alicyclic amines) is 1. The summed E-state index contributed by atoms with van der Waals surface area (Å²) in [7, 11) is 1.42. The summed E-state index contributed by atoms with van der Waals surface area (Å²) in [6, 6.07) is 3.24. The van der Waals surface area contributed by atoms with Crippen molar-refractivity contribution < 1.29 is 17.9 Å². The van der Waals surface area contributed by atoms with Crippen LogP contribution in [0.15, 0.2) is 12.1 Å². The molecule has 1 aliphatic heterocycles. The Kier molecular flexibility index (Phi) is 5.37. The van der Waals surface area contributed by atoms with Crippen LogP contribution in [0.5, 0.6) is 5.75 Å². The molecule has 1 fully saturated rings. The molecule has 2 rings (SSSR count). The van der Waals surface area contributed by atoms with Crippen LogP contribution in [-0.2, 0) is 12.7 Å². The maximum absolute atomic E-state index is 13.7. The highest BCUT2D eigenvalue weighted by molar-refractivity contribution is 5.48. The summed E-state index contributed by atoms with van der Waals surface area (Å²) in [5.74, 6) is 0.0811. The quantitative estimate of drug-likeness (QED) is 0.789. The minimum atomic E-state index is -4.36. The van der Waals surface area contributed by atoms with Crippen molar-refractivity contribution in [3.8, 4) is 5.75 Å². The van der Waals surface area contributed by atoms with E-state index in [1.807, 2.05) is 0 Å². The summed E-state index contributed by atoms with van der Waals surface area (Å²) in [5, 5.41) is 0. The molecular weight excluding hydrogens is 291 g/mol. The average molecular weight is 315 g/mol. The number of piperidine rings is 1. The highest BCUT2D eigenvalue weighted by atomic mass is 19.4. The highest BCUT2D eigenvalue weighted by Crippen LogP contribution is 2.42. The maximum atomic E-state index is 13.7. The lowest BCUT2D eigenvalue weighted by Crippen LogP contribution is -2.30. The maximum Gasteiger partial charge on any atom is 0.417 e. The minimum absolute atomic E-state index is 0.243. The number of hydrogen-bond donors (Lipinski definition) is 0. The van der Waals surface area contributed by atoms with E-state index in [1.54, 1.807) is 26.0 Å². The predicted molar refractivity (Wildman–Crippen MR) is 81.2 cm³/mol. The number of halogens is 3. The molecule has 0 aromatic heterocycles. The minimum Gasteiger partial charge on any atom is -0.496 e. The van der Waals surface area contributed by atoms with Crippen molar-refractivity contribution in [2.45, 2.75) is 51.7 Å². The van der Waals surface area contributed by atoms with Crippen LogP contribution in [0.25, 0.3) is 0 Å². The molecule has 0 N–H and O–H groups in total. The molecule has 0 spiro atoms. The predicted octanol–water partition coefficient (Wildman–Crippen LogP) is 4.82. The molecule has 1 saturated heterocycles. The molecule has 0 amide bonds. The zero-order valence-corrected chi connectivity index (χ0v) is 13.5. The largest absolute Gasteiger partial charge is 0.496 e. The molecule has 0 saturated carbocycles. The second-order valence-electron chi connectivity index (χ2n) is 6.20. The summed E-state index contributed by atoms with van der Waals surface area (Å²) in [6.45, 7) is 5.66. The fourth-order valence-corrected chi connectivity index (χ4v) is 3.22. The smallest absolute Gasteiger partial charge is 0.417 e. The van der Waals surface area contributed by atoms with Crippen LogP contribution >= 0.6 is 0 Å². The Hall–Kier alpha value is -1.23. The summed E-state index contributed by atoms with van der Waals surface area (Å²) in [6.07, 6.45) is -1.06. The van der Waals surface area contributed by atoms with Gasteiger partial charge >= 0.3 is 6.18 Å². The first-order chi connectivity index (χ1) is 10.3. The van der Waals surface area contributed by atoms with Gasteiger partial charge in [0.1, 0.15) is 5.75 Å². The van der Waals surface area contributed by atoms with Crippen molar-refractivity contribution in [3.63, 3.8) is 0 Å². The monoisotopic (exact) mass is 315 g/mol. The van der Waals surface area contributed by atoms with E-state index < -0.39 is 11.7 Å². The van der Waals surface area contributed by atoms with Crippen LogP contribution in [0, 0.1) is 0 Å². The van der Waals surface area contributed by atoms with Crippen LogP contribution in [-0.4, -0.2) is 25.1 Å². The third-order valence-electron chi connectivity index (χ3n) is 4.22. The number of benzene rings is 1. The van der Waals surface area contributed by atoms with Crippen molar-refractivity contribution in [2.24, 2.45) is 0 Å². The molecule has 22 heavy (non-hydrogen) atoms. The Morgan fingerprint density at radius 3 is 2.27 bits per heavy atom. The third-order valence-corrected chi connectivity index (χ3v) is 4.22. The first kappa shape index (κ1) is 17.1. The van der Waals surface area contributed by atoms with Gasteiger partial charge in [0, 0.05) is 12.1 Å². The van der Waals surface area contributed by atoms with E-state index in [9.17, 15) is 13.2 Å². The van der Waals surface area contributed by atoms with Crippen molar-refractivity contribution >= 4 is 0 Å². The van der Waals surface area contributed by atoms with Crippen molar-refractivity contribution in [3.05, 3.63) is 28.8 Å². The second-order valence-corrected chi connectivity index (χ2v) is 6.20. The van der Waals surface area contributed by atoms with Gasteiger partial charge in [-0.05, 0) is 43.5 Å². The molecule has 2 nitrogen and oxygen atoms in total. The fourth-order valence-electron chi connectivity index (χ4n) is 3.22. The highest BCUT2D eigenvalue weighted by Gasteiger charge is 2.38. The van der Waals surface area contributed by atoms with Gasteiger partial charge in [-0.1, -0.05) is 26.3 Å². The molecule has 1 aromatic carbocycles. The zero-order valence-electron chi connectivity index (χ0n) is 13.5. The van der Waals surface area contributed by atoms with E-state index in [4.69, 9.17) is 4.74 Å². The number of rotatable bonds is 4. The van der Waals surface area contributed by atoms with Crippen LogP contribution in [0.1, 0.15) is 55.7 Å². The first-order valence-corrected chi connectivity index (χ1v) is 7.84. The lowest BCUT2D eigenvalue weighted by atomic mass is 9.91. The Balaban J connectivity index is 2.46. The average Bonchev–Trinajstić information content (AvgIpc) is 2.46. The summed E-state index contributed by atoms with van der Waals surface area (Å²) in [4.78, 5) is 2.12. The molecule has 0 aliphatic carbocycles. The molecule has 1 aromatic rings. The molecule has 1 aliphatic rings. The van der Waals surface area contributed by atoms with E-state index in [0.29, 0.717) is 17.9 Å². The standard InChI is InChI=1S/C17H24F3NO/c1-12(2)15-14(22-3)8-7-13(16(15)17(18,19)20)11-21-9-5-4-6-10-21/h7-8,12H,4-6,9-11H2,1-3H3. The number of alkyl halides is 3. The Morgan fingerprint density at radius 1 is 1.14 bits per heavy atom. The van der Waals surface area contributed by atoms with E-state index >= 15 is 0 Å². The van der Waals surface area contributed by atoms with Gasteiger partial charge in [-0.15, -0.1) is 0 Å². The van der Waals surface area contributed by atoms with Crippen LogP contribution in [0.3, 0.4) is 0 Å². The number of nitrogens with zero attached hydrogens (tertiary/aromatic N) is 1. The third kappa shape index (κ3) is 3.75. The van der Waals surface area contributed by atoms with Crippen LogP contribution in [0.4, 0.5) is 13.2 Å². The van der Waals surface area contributed by atoms with E-state index in [0.717, 1.165) is 25.9 Å². The summed E-state index contributed by atoms with van der Waals surface area (Å²) < 4.78 is 46.2. The Morgan fingerprint density at radius 2 is 1.77 bits per heavy atom. The molecule has 1 heterocycles. The summed E-state index contributed by atoms with van der Waals surface area (Å²) in [5.41, 5.74) is 0.121. The number of ether oxygens (including phenoxy) is 1. The molecule has 5 heteroatoms. The van der Waals surface area contributed by atoms with Gasteiger partial charge in [0.15, 0.2) is 0 Å². The van der Waals surface area contributed by atoms with Gasteiger partial charge in [-0.3, -0.25) is 4.90 Å². The Bertz CT molecular complexity index is 505. The van der Waals surface area contributed by atoms with Crippen molar-refractivity contribution in [1.82, 2.24) is 4.90 Å². The van der Waals surface area contributed by atoms with Gasteiger partial charge in [0.2, 0.25) is 0 Å². The van der Waals surface area contributed by atoms with Gasteiger partial charge in [-0.25, -0.2) is 0 Å². The normalized spacial score (nSPS) is 17.0. The zero-order chi connectivity index (χ0) is 16.3. The molecular formula is C17H24F3NO. The lowest BCUT2D eigenvalue weighted by molar-refractivity contribution is -0.139. The molecule has 0 atom stereocenters. The van der Waals surface area contributed by atoms with Crippen LogP contribution < -0.4 is 4.74 Å². The van der Waals surface area contributed by atoms with E-state index in [-0.39, 0.29) is 11.5 Å². The van der Waals surface area contributed by atoms with Crippen LogP contribution in [0.2, 0.25) is 0 Å². The van der Waals surface area contributed by atoms with Gasteiger partial charge in [-0.2, -0.15) is 13.2 Å². The number of hydrogen-bond acceptors (Lipinski definition) is 2. The van der Waals surface area contributed by atoms with Gasteiger partial charge in [0.05, 0.1) is 12.7 Å². The number of methoxy groups -OCH3 is 1. The molecule has 0 bridgehead atoms. The first-order valence-electron chi connectivity index (χ1n) is 7.84. The van der Waals surface area contributed by atoms with E-state index in [2.05, 4.69) is 4.90 Å². The topological polar surface area (TPSA) is 12.5 Å². The van der Waals surface area contributed by atoms with Crippen molar-refractivity contribution in [2.75, 3.05) is 20.2 Å². The fraction of sp³-hybridized carbons (Fsp3) is 0.647. The lowest BCUT2D eigenvalue weighted by Gasteiger charge is -2.29. The van der Waals surface area contributed by atoms with E-state index in [1.165, 1.54) is 13.5 Å². The second kappa shape index (κ2) is 6.90. The molecule has 124 valence electrons. The van der Waals surface area contributed by atoms with Gasteiger partial charge < -0.3 is 4.74 Å². The summed E-state index contributed by atoms with van der Waals surface area (Å²) >= 11 is 0. The molecule has 0 radical (unpaired) electrons. The Labute approximate surface area is 130 Å². The van der Waals surface area contributed by atoms with Crippen molar-refractivity contribution in [1.29, 1.82) is 0 Å². The molecule has 0 unspecified atom stereocenters.